The number of amides is 1. The molecule has 0 unspecified atom stereocenters. The highest BCUT2D eigenvalue weighted by molar-refractivity contribution is 6.00. The van der Waals surface area contributed by atoms with E-state index >= 15 is 0 Å². The van der Waals surface area contributed by atoms with Crippen LogP contribution in [0.4, 0.5) is 5.69 Å². The number of esters is 1. The molecule has 1 aliphatic rings. The highest BCUT2D eigenvalue weighted by atomic mass is 16.5. The molecule has 7 heteroatoms. The van der Waals surface area contributed by atoms with Crippen LogP contribution in [0.15, 0.2) is 48.5 Å². The molecule has 7 nitrogen and oxygen atoms in total. The molecule has 1 atom stereocenters. The van der Waals surface area contributed by atoms with E-state index < -0.39 is 12.1 Å². The number of fused-ring (bicyclic) bond motifs is 1. The number of para-hydroxylation sites is 1. The molecule has 0 saturated heterocycles. The minimum atomic E-state index is -0.899. The molecular formula is C23H22N2O5. The second kappa shape index (κ2) is 9.61. The van der Waals surface area contributed by atoms with Crippen LogP contribution in [0.5, 0.6) is 11.5 Å². The van der Waals surface area contributed by atoms with Crippen molar-refractivity contribution in [1.82, 2.24) is 0 Å². The fourth-order valence-electron chi connectivity index (χ4n) is 3.23. The van der Waals surface area contributed by atoms with Crippen molar-refractivity contribution < 1.29 is 23.8 Å². The smallest absolute Gasteiger partial charge is 0.331 e. The lowest BCUT2D eigenvalue weighted by Gasteiger charge is -2.21. The molecule has 0 aromatic heterocycles. The normalized spacial score (nSPS) is 13.4. The number of ether oxygens (including phenoxy) is 3. The van der Waals surface area contributed by atoms with Crippen LogP contribution in [0.25, 0.3) is 6.08 Å². The van der Waals surface area contributed by atoms with E-state index in [9.17, 15) is 9.59 Å². The number of hydrogen-bond donors (Lipinski definition) is 0. The molecule has 30 heavy (non-hydrogen) atoms. The third-order valence-corrected chi connectivity index (χ3v) is 4.69. The fourth-order valence-corrected chi connectivity index (χ4v) is 3.23. The largest absolute Gasteiger partial charge is 0.493 e. The Labute approximate surface area is 175 Å². The SMILES string of the molecule is COc1cc(/C=C/C(=O)O[C@H](C)C(=O)N2CCc3ccccc32)ccc1OCC#N. The van der Waals surface area contributed by atoms with Crippen LogP contribution in [-0.4, -0.2) is 38.2 Å². The van der Waals surface area contributed by atoms with E-state index in [-0.39, 0.29) is 12.5 Å². The molecule has 0 bridgehead atoms. The summed E-state index contributed by atoms with van der Waals surface area (Å²) in [7, 11) is 1.49. The van der Waals surface area contributed by atoms with Gasteiger partial charge in [-0.2, -0.15) is 5.26 Å². The van der Waals surface area contributed by atoms with Crippen LogP contribution in [0.1, 0.15) is 18.1 Å². The Balaban J connectivity index is 1.60. The van der Waals surface area contributed by atoms with Gasteiger partial charge in [0.15, 0.2) is 24.2 Å². The number of benzene rings is 2. The number of carbonyl (C=O) groups is 2. The van der Waals surface area contributed by atoms with Gasteiger partial charge in [0.1, 0.15) is 6.07 Å². The van der Waals surface area contributed by atoms with Gasteiger partial charge in [-0.15, -0.1) is 0 Å². The average molecular weight is 406 g/mol. The van der Waals surface area contributed by atoms with Crippen molar-refractivity contribution in [2.24, 2.45) is 0 Å². The molecule has 0 N–H and O–H groups in total. The Morgan fingerprint density at radius 3 is 2.80 bits per heavy atom. The standard InChI is InChI=1S/C23H22N2O5/c1-16(23(27)25-13-11-18-5-3-4-6-19(18)25)30-22(26)10-8-17-7-9-20(29-14-12-24)21(15-17)28-2/h3-10,15-16H,11,13-14H2,1-2H3/b10-8+/t16-/m1/s1. The van der Waals surface area contributed by atoms with Crippen molar-refractivity contribution in [3.8, 4) is 17.6 Å². The number of nitrogens with zero attached hydrogens (tertiary/aromatic N) is 2. The van der Waals surface area contributed by atoms with Gasteiger partial charge in [0.2, 0.25) is 0 Å². The summed E-state index contributed by atoms with van der Waals surface area (Å²) in [6.45, 7) is 2.06. The van der Waals surface area contributed by atoms with E-state index in [0.717, 1.165) is 17.7 Å². The number of nitriles is 1. The molecule has 1 amide bonds. The lowest BCUT2D eigenvalue weighted by atomic mass is 10.2. The monoisotopic (exact) mass is 406 g/mol. The van der Waals surface area contributed by atoms with Crippen LogP contribution in [0.3, 0.4) is 0 Å². The second-order valence-corrected chi connectivity index (χ2v) is 6.64. The number of hydrogen-bond acceptors (Lipinski definition) is 6. The van der Waals surface area contributed by atoms with E-state index in [4.69, 9.17) is 19.5 Å². The summed E-state index contributed by atoms with van der Waals surface area (Å²) in [6, 6.07) is 14.6. The van der Waals surface area contributed by atoms with Gasteiger partial charge in [-0.25, -0.2) is 4.79 Å². The molecule has 0 saturated carbocycles. The maximum absolute atomic E-state index is 12.7. The van der Waals surface area contributed by atoms with Gasteiger partial charge in [-0.1, -0.05) is 24.3 Å². The third kappa shape index (κ3) is 4.78. The van der Waals surface area contributed by atoms with E-state index in [0.29, 0.717) is 23.6 Å². The molecule has 1 heterocycles. The van der Waals surface area contributed by atoms with Gasteiger partial charge in [-0.05, 0) is 48.7 Å². The molecule has 2 aromatic carbocycles. The molecule has 2 aromatic rings. The third-order valence-electron chi connectivity index (χ3n) is 4.69. The van der Waals surface area contributed by atoms with E-state index in [1.165, 1.54) is 13.2 Å². The van der Waals surface area contributed by atoms with Gasteiger partial charge in [-0.3, -0.25) is 4.79 Å². The molecule has 0 radical (unpaired) electrons. The minimum absolute atomic E-state index is 0.0920. The first-order valence-corrected chi connectivity index (χ1v) is 9.49. The average Bonchev–Trinajstić information content (AvgIpc) is 3.20. The summed E-state index contributed by atoms with van der Waals surface area (Å²) >= 11 is 0. The van der Waals surface area contributed by atoms with Crippen molar-refractivity contribution in [3.63, 3.8) is 0 Å². The number of anilines is 1. The van der Waals surface area contributed by atoms with Crippen LogP contribution < -0.4 is 14.4 Å². The van der Waals surface area contributed by atoms with Crippen molar-refractivity contribution in [2.45, 2.75) is 19.4 Å². The first-order chi connectivity index (χ1) is 14.5. The Hall–Kier alpha value is -3.79. The molecule has 0 spiro atoms. The zero-order chi connectivity index (χ0) is 21.5. The number of carbonyl (C=O) groups excluding carboxylic acids is 2. The van der Waals surface area contributed by atoms with Gasteiger partial charge >= 0.3 is 5.97 Å². The van der Waals surface area contributed by atoms with Crippen LogP contribution >= 0.6 is 0 Å². The summed E-state index contributed by atoms with van der Waals surface area (Å²) in [5.74, 6) is 0.00960. The van der Waals surface area contributed by atoms with Crippen molar-refractivity contribution in [3.05, 3.63) is 59.7 Å². The lowest BCUT2D eigenvalue weighted by Crippen LogP contribution is -2.38. The summed E-state index contributed by atoms with van der Waals surface area (Å²) in [6.07, 6.45) is 2.70. The molecule has 1 aliphatic heterocycles. The Bertz CT molecular complexity index is 1010. The van der Waals surface area contributed by atoms with Crippen LogP contribution in [-0.2, 0) is 20.7 Å². The first-order valence-electron chi connectivity index (χ1n) is 9.49. The van der Waals surface area contributed by atoms with Crippen molar-refractivity contribution in [2.75, 3.05) is 25.2 Å². The molecule has 0 aliphatic carbocycles. The number of methoxy groups -OCH3 is 1. The molecular weight excluding hydrogens is 384 g/mol. The first kappa shape index (κ1) is 20.9. The molecule has 3 rings (SSSR count). The second-order valence-electron chi connectivity index (χ2n) is 6.64. The van der Waals surface area contributed by atoms with Crippen LogP contribution in [0.2, 0.25) is 0 Å². The molecule has 0 fully saturated rings. The fraction of sp³-hybridized carbons (Fsp3) is 0.261. The van der Waals surface area contributed by atoms with Crippen molar-refractivity contribution >= 4 is 23.6 Å². The minimum Gasteiger partial charge on any atom is -0.493 e. The summed E-state index contributed by atoms with van der Waals surface area (Å²) in [5.41, 5.74) is 2.66. The summed E-state index contributed by atoms with van der Waals surface area (Å²) < 4.78 is 15.8. The van der Waals surface area contributed by atoms with Gasteiger partial charge < -0.3 is 19.1 Å². The zero-order valence-electron chi connectivity index (χ0n) is 16.8. The maximum Gasteiger partial charge on any atom is 0.331 e. The zero-order valence-corrected chi connectivity index (χ0v) is 16.8. The Morgan fingerprint density at radius 2 is 2.03 bits per heavy atom. The maximum atomic E-state index is 12.7. The van der Waals surface area contributed by atoms with E-state index in [2.05, 4.69) is 0 Å². The van der Waals surface area contributed by atoms with Crippen molar-refractivity contribution in [1.29, 1.82) is 5.26 Å². The Kier molecular flexibility index (Phi) is 6.71. The topological polar surface area (TPSA) is 88.9 Å². The van der Waals surface area contributed by atoms with Gasteiger partial charge in [0.25, 0.3) is 5.91 Å². The highest BCUT2D eigenvalue weighted by Crippen LogP contribution is 2.29. The predicted octanol–water partition coefficient (Wildman–Crippen LogP) is 3.13. The summed E-state index contributed by atoms with van der Waals surface area (Å²) in [4.78, 5) is 26.5. The quantitative estimate of drug-likeness (QED) is 0.518. The van der Waals surface area contributed by atoms with E-state index in [1.54, 1.807) is 36.1 Å². The Morgan fingerprint density at radius 1 is 1.23 bits per heavy atom. The highest BCUT2D eigenvalue weighted by Gasteiger charge is 2.29. The number of rotatable bonds is 7. The summed E-state index contributed by atoms with van der Waals surface area (Å²) in [5, 5.41) is 8.61. The van der Waals surface area contributed by atoms with Gasteiger partial charge in [0.05, 0.1) is 7.11 Å². The van der Waals surface area contributed by atoms with Gasteiger partial charge in [0, 0.05) is 18.3 Å². The lowest BCUT2D eigenvalue weighted by molar-refractivity contribution is -0.149. The predicted molar refractivity (Wildman–Crippen MR) is 111 cm³/mol. The van der Waals surface area contributed by atoms with Crippen LogP contribution in [0, 0.1) is 11.3 Å². The molecule has 154 valence electrons. The van der Waals surface area contributed by atoms with E-state index in [1.807, 2.05) is 30.3 Å².